The van der Waals surface area contributed by atoms with Crippen molar-refractivity contribution < 1.29 is 22.7 Å². The normalized spacial score (nSPS) is 11.1. The van der Waals surface area contributed by atoms with Gasteiger partial charge in [-0.05, 0) is 23.8 Å². The van der Waals surface area contributed by atoms with Gasteiger partial charge in [0.05, 0.1) is 12.7 Å². The molecule has 7 nitrogen and oxygen atoms in total. The van der Waals surface area contributed by atoms with Gasteiger partial charge in [0.2, 0.25) is 0 Å². The van der Waals surface area contributed by atoms with E-state index in [1.165, 1.54) is 13.2 Å². The van der Waals surface area contributed by atoms with Crippen LogP contribution in [-0.4, -0.2) is 34.6 Å². The summed E-state index contributed by atoms with van der Waals surface area (Å²) in [7, 11) is -2.32. The van der Waals surface area contributed by atoms with E-state index in [2.05, 4.69) is 14.2 Å². The van der Waals surface area contributed by atoms with Crippen LogP contribution in [0.5, 0.6) is 5.75 Å². The largest absolute Gasteiger partial charge is 0.492 e. The molecular formula is C17H20N2O5S. The summed E-state index contributed by atoms with van der Waals surface area (Å²) in [6.45, 7) is 0.418. The Hall–Kier alpha value is -2.42. The molecule has 25 heavy (non-hydrogen) atoms. The minimum Gasteiger partial charge on any atom is -0.492 e. The van der Waals surface area contributed by atoms with E-state index < -0.39 is 16.2 Å². The van der Waals surface area contributed by atoms with Crippen LogP contribution >= 0.6 is 0 Å². The Morgan fingerprint density at radius 3 is 2.52 bits per heavy atom. The number of hydrogen-bond acceptors (Lipinski definition) is 5. The van der Waals surface area contributed by atoms with Crippen LogP contribution in [0.25, 0.3) is 0 Å². The number of esters is 1. The van der Waals surface area contributed by atoms with Gasteiger partial charge in [0.15, 0.2) is 0 Å². The van der Waals surface area contributed by atoms with Gasteiger partial charge in [0, 0.05) is 13.1 Å². The summed E-state index contributed by atoms with van der Waals surface area (Å²) in [4.78, 5) is 11.4. The third kappa shape index (κ3) is 6.54. The highest BCUT2D eigenvalue weighted by Crippen LogP contribution is 2.13. The SMILES string of the molecule is COC(=O)c1cccc(OCCNS(=O)(=O)NCc2ccccc2)c1. The van der Waals surface area contributed by atoms with E-state index in [1.807, 2.05) is 30.3 Å². The number of carbonyl (C=O) groups excluding carboxylic acids is 1. The molecule has 134 valence electrons. The summed E-state index contributed by atoms with van der Waals surface area (Å²) in [6.07, 6.45) is 0. The Bertz CT molecular complexity index is 794. The van der Waals surface area contributed by atoms with Gasteiger partial charge < -0.3 is 9.47 Å². The Kier molecular flexibility index (Phi) is 6.93. The Morgan fingerprint density at radius 1 is 1.04 bits per heavy atom. The maximum Gasteiger partial charge on any atom is 0.337 e. The van der Waals surface area contributed by atoms with Crippen LogP contribution < -0.4 is 14.2 Å². The first-order valence-electron chi connectivity index (χ1n) is 7.59. The molecule has 0 unspecified atom stereocenters. The second kappa shape index (κ2) is 9.16. The molecule has 0 amide bonds. The average molecular weight is 364 g/mol. The molecule has 0 saturated carbocycles. The highest BCUT2D eigenvalue weighted by Gasteiger charge is 2.09. The van der Waals surface area contributed by atoms with Crippen molar-refractivity contribution in [2.24, 2.45) is 0 Å². The van der Waals surface area contributed by atoms with E-state index in [9.17, 15) is 13.2 Å². The number of benzene rings is 2. The van der Waals surface area contributed by atoms with Crippen molar-refractivity contribution in [3.8, 4) is 5.75 Å². The van der Waals surface area contributed by atoms with Gasteiger partial charge >= 0.3 is 5.97 Å². The molecule has 0 radical (unpaired) electrons. The molecule has 0 bridgehead atoms. The number of ether oxygens (including phenoxy) is 2. The number of methoxy groups -OCH3 is 1. The lowest BCUT2D eigenvalue weighted by molar-refractivity contribution is 0.0600. The number of carbonyl (C=O) groups is 1. The van der Waals surface area contributed by atoms with Crippen molar-refractivity contribution in [3.63, 3.8) is 0 Å². The number of nitrogens with one attached hydrogen (secondary N) is 2. The molecular weight excluding hydrogens is 344 g/mol. The maximum atomic E-state index is 11.9. The average Bonchev–Trinajstić information content (AvgIpc) is 2.64. The number of rotatable bonds is 9. The lowest BCUT2D eigenvalue weighted by atomic mass is 10.2. The van der Waals surface area contributed by atoms with E-state index >= 15 is 0 Å². The van der Waals surface area contributed by atoms with Gasteiger partial charge in [0.1, 0.15) is 12.4 Å². The van der Waals surface area contributed by atoms with Crippen molar-refractivity contribution in [3.05, 3.63) is 65.7 Å². The predicted molar refractivity (Wildman–Crippen MR) is 93.5 cm³/mol. The van der Waals surface area contributed by atoms with E-state index in [4.69, 9.17) is 4.74 Å². The zero-order valence-electron chi connectivity index (χ0n) is 13.8. The van der Waals surface area contributed by atoms with Gasteiger partial charge in [0.25, 0.3) is 10.2 Å². The molecule has 0 fully saturated rings. The molecule has 0 aliphatic heterocycles. The van der Waals surface area contributed by atoms with Gasteiger partial charge in [-0.2, -0.15) is 17.9 Å². The molecule has 0 spiro atoms. The molecule has 2 aromatic rings. The monoisotopic (exact) mass is 364 g/mol. The minimum atomic E-state index is -3.61. The Morgan fingerprint density at radius 2 is 1.80 bits per heavy atom. The van der Waals surface area contributed by atoms with E-state index in [1.54, 1.807) is 18.2 Å². The summed E-state index contributed by atoms with van der Waals surface area (Å²) in [5, 5.41) is 0. The highest BCUT2D eigenvalue weighted by molar-refractivity contribution is 7.87. The zero-order chi connectivity index (χ0) is 18.1. The van der Waals surface area contributed by atoms with Crippen LogP contribution in [-0.2, 0) is 21.5 Å². The molecule has 0 heterocycles. The quantitative estimate of drug-likeness (QED) is 0.519. The van der Waals surface area contributed by atoms with Crippen molar-refractivity contribution in [1.82, 2.24) is 9.44 Å². The smallest absolute Gasteiger partial charge is 0.337 e. The first-order valence-corrected chi connectivity index (χ1v) is 9.08. The van der Waals surface area contributed by atoms with Crippen LogP contribution in [0.2, 0.25) is 0 Å². The van der Waals surface area contributed by atoms with Crippen molar-refractivity contribution >= 4 is 16.2 Å². The summed E-state index contributed by atoms with van der Waals surface area (Å²) in [6, 6.07) is 15.7. The molecule has 2 aromatic carbocycles. The zero-order valence-corrected chi connectivity index (χ0v) is 14.6. The second-order valence-electron chi connectivity index (χ2n) is 5.07. The fraction of sp³-hybridized carbons (Fsp3) is 0.235. The van der Waals surface area contributed by atoms with Gasteiger partial charge in [-0.3, -0.25) is 0 Å². The van der Waals surface area contributed by atoms with Crippen molar-refractivity contribution in [2.75, 3.05) is 20.3 Å². The molecule has 0 saturated heterocycles. The summed E-state index contributed by atoms with van der Waals surface area (Å²) in [5.41, 5.74) is 1.23. The molecule has 8 heteroatoms. The van der Waals surface area contributed by atoms with E-state index in [-0.39, 0.29) is 19.7 Å². The molecule has 2 N–H and O–H groups in total. The summed E-state index contributed by atoms with van der Waals surface area (Å²) >= 11 is 0. The molecule has 0 atom stereocenters. The maximum absolute atomic E-state index is 11.9. The van der Waals surface area contributed by atoms with Gasteiger partial charge in [-0.25, -0.2) is 4.79 Å². The first kappa shape index (κ1) is 18.9. The molecule has 0 aliphatic carbocycles. The second-order valence-corrected chi connectivity index (χ2v) is 6.66. The summed E-state index contributed by atoms with van der Waals surface area (Å²) < 4.78 is 38.6. The van der Waals surface area contributed by atoms with E-state index in [0.29, 0.717) is 11.3 Å². The molecule has 0 aromatic heterocycles. The minimum absolute atomic E-state index is 0.0899. The lowest BCUT2D eigenvalue weighted by Gasteiger charge is -2.10. The van der Waals surface area contributed by atoms with Crippen LogP contribution in [0.1, 0.15) is 15.9 Å². The van der Waals surface area contributed by atoms with Crippen molar-refractivity contribution in [1.29, 1.82) is 0 Å². The summed E-state index contributed by atoms with van der Waals surface area (Å²) in [5.74, 6) is -0.00407. The van der Waals surface area contributed by atoms with Crippen LogP contribution in [0, 0.1) is 0 Å². The third-order valence-corrected chi connectivity index (χ3v) is 4.34. The predicted octanol–water partition coefficient (Wildman–Crippen LogP) is 1.48. The Labute approximate surface area is 147 Å². The lowest BCUT2D eigenvalue weighted by Crippen LogP contribution is -2.38. The Balaban J connectivity index is 1.75. The molecule has 0 aliphatic rings. The highest BCUT2D eigenvalue weighted by atomic mass is 32.2. The number of hydrogen-bond donors (Lipinski definition) is 2. The van der Waals surface area contributed by atoms with Gasteiger partial charge in [-0.15, -0.1) is 0 Å². The van der Waals surface area contributed by atoms with E-state index in [0.717, 1.165) is 5.56 Å². The van der Waals surface area contributed by atoms with Crippen LogP contribution in [0.3, 0.4) is 0 Å². The van der Waals surface area contributed by atoms with Gasteiger partial charge in [-0.1, -0.05) is 36.4 Å². The van der Waals surface area contributed by atoms with Crippen molar-refractivity contribution in [2.45, 2.75) is 6.54 Å². The standard InChI is InChI=1S/C17H20N2O5S/c1-23-17(20)15-8-5-9-16(12-15)24-11-10-18-25(21,22)19-13-14-6-3-2-4-7-14/h2-9,12,18-19H,10-11,13H2,1H3. The fourth-order valence-electron chi connectivity index (χ4n) is 2.00. The fourth-order valence-corrected chi connectivity index (χ4v) is 2.81. The first-order chi connectivity index (χ1) is 12.0. The van der Waals surface area contributed by atoms with Crippen LogP contribution in [0.15, 0.2) is 54.6 Å². The van der Waals surface area contributed by atoms with Crippen LogP contribution in [0.4, 0.5) is 0 Å². The molecule has 2 rings (SSSR count). The third-order valence-electron chi connectivity index (χ3n) is 3.23. The topological polar surface area (TPSA) is 93.7 Å².